The Balaban J connectivity index is 5.07. The molecule has 0 aliphatic carbocycles. The zero-order chi connectivity index (χ0) is 25.4. The summed E-state index contributed by atoms with van der Waals surface area (Å²) < 4.78 is 0. The van der Waals surface area contributed by atoms with Crippen molar-refractivity contribution in [3.8, 4) is 0 Å². The Hall–Kier alpha value is -3.66. The fourth-order valence-electron chi connectivity index (χ4n) is 2.43. The van der Waals surface area contributed by atoms with Crippen molar-refractivity contribution in [1.29, 1.82) is 0 Å². The van der Waals surface area contributed by atoms with E-state index < -0.39 is 55.0 Å². The number of aliphatic hydroxyl groups excluding tert-OH is 1. The summed E-state index contributed by atoms with van der Waals surface area (Å²) in [6.07, 6.45) is 0.703. The number of carbonyl (C=O) groups is 4. The predicted octanol–water partition coefficient (Wildman–Crippen LogP) is -5.42. The maximum absolute atomic E-state index is 12.7. The van der Waals surface area contributed by atoms with Gasteiger partial charge in [-0.2, -0.15) is 0 Å². The third kappa shape index (κ3) is 14.1. The smallest absolute Gasteiger partial charge is 0.326 e. The first-order chi connectivity index (χ1) is 15.5. The molecule has 0 aliphatic heterocycles. The summed E-state index contributed by atoms with van der Waals surface area (Å²) >= 11 is 0. The number of nitrogens with two attached hydrogens (primary N) is 5. The lowest BCUT2D eigenvalue weighted by molar-refractivity contribution is -0.142. The lowest BCUT2D eigenvalue weighted by atomic mass is 10.1. The Morgan fingerprint density at radius 1 is 0.818 bits per heavy atom. The Morgan fingerprint density at radius 3 is 1.79 bits per heavy atom. The topological polar surface area (TPSA) is 300 Å². The van der Waals surface area contributed by atoms with Crippen molar-refractivity contribution < 1.29 is 29.4 Å². The molecular weight excluding hydrogens is 440 g/mol. The number of carboxylic acid groups (broad SMARTS) is 1. The van der Waals surface area contributed by atoms with E-state index in [0.717, 1.165) is 0 Å². The molecule has 0 saturated carbocycles. The summed E-state index contributed by atoms with van der Waals surface area (Å²) in [6, 6.07) is -3.58. The van der Waals surface area contributed by atoms with Crippen LogP contribution in [0.25, 0.3) is 0 Å². The third-order valence-corrected chi connectivity index (χ3v) is 4.11. The Labute approximate surface area is 190 Å². The van der Waals surface area contributed by atoms with E-state index in [-0.39, 0.29) is 44.3 Å². The summed E-state index contributed by atoms with van der Waals surface area (Å²) in [5, 5.41) is 25.2. The van der Waals surface area contributed by atoms with Crippen molar-refractivity contribution in [2.24, 2.45) is 38.7 Å². The molecule has 188 valence electrons. The molecule has 0 spiro atoms. The monoisotopic (exact) mass is 474 g/mol. The molecule has 0 fully saturated rings. The first kappa shape index (κ1) is 29.3. The molecule has 0 saturated heterocycles. The van der Waals surface area contributed by atoms with E-state index in [1.54, 1.807) is 0 Å². The van der Waals surface area contributed by atoms with Crippen molar-refractivity contribution >= 4 is 35.6 Å². The van der Waals surface area contributed by atoms with E-state index in [2.05, 4.69) is 25.9 Å². The van der Waals surface area contributed by atoms with Gasteiger partial charge in [-0.15, -0.1) is 0 Å². The maximum Gasteiger partial charge on any atom is 0.326 e. The molecule has 0 aromatic rings. The summed E-state index contributed by atoms with van der Waals surface area (Å²) in [5.41, 5.74) is 26.3. The number of aliphatic imine (C=N–C) groups is 2. The largest absolute Gasteiger partial charge is 0.480 e. The van der Waals surface area contributed by atoms with Crippen LogP contribution in [-0.2, 0) is 19.2 Å². The van der Waals surface area contributed by atoms with Gasteiger partial charge in [-0.1, -0.05) is 0 Å². The van der Waals surface area contributed by atoms with Crippen molar-refractivity contribution in [2.75, 3.05) is 26.2 Å². The van der Waals surface area contributed by atoms with E-state index in [4.69, 9.17) is 33.8 Å². The number of rotatable bonds is 16. The van der Waals surface area contributed by atoms with Gasteiger partial charge in [-0.05, 0) is 25.7 Å². The number of aliphatic hydroxyl groups is 1. The molecule has 16 nitrogen and oxygen atoms in total. The molecule has 0 aliphatic rings. The molecule has 3 atom stereocenters. The second-order valence-corrected chi connectivity index (χ2v) is 6.92. The van der Waals surface area contributed by atoms with Crippen LogP contribution in [0.2, 0.25) is 0 Å². The Morgan fingerprint density at radius 2 is 1.33 bits per heavy atom. The van der Waals surface area contributed by atoms with Crippen LogP contribution in [0.3, 0.4) is 0 Å². The minimum Gasteiger partial charge on any atom is -0.480 e. The second-order valence-electron chi connectivity index (χ2n) is 6.92. The van der Waals surface area contributed by atoms with Gasteiger partial charge in [0.15, 0.2) is 11.9 Å². The van der Waals surface area contributed by atoms with Gasteiger partial charge in [-0.25, -0.2) is 4.79 Å². The van der Waals surface area contributed by atoms with Gasteiger partial charge < -0.3 is 54.8 Å². The van der Waals surface area contributed by atoms with Crippen molar-refractivity contribution in [3.63, 3.8) is 0 Å². The van der Waals surface area contributed by atoms with Gasteiger partial charge in [0.2, 0.25) is 17.7 Å². The highest BCUT2D eigenvalue weighted by Gasteiger charge is 2.26. The van der Waals surface area contributed by atoms with E-state index in [9.17, 15) is 24.3 Å². The number of amides is 3. The molecule has 16 heteroatoms. The third-order valence-electron chi connectivity index (χ3n) is 4.11. The summed E-state index contributed by atoms with van der Waals surface area (Å²) in [6.45, 7) is -0.768. The number of hydrogen-bond acceptors (Lipinski definition) is 8. The number of guanidine groups is 2. The summed E-state index contributed by atoms with van der Waals surface area (Å²) in [4.78, 5) is 55.5. The average Bonchev–Trinajstić information content (AvgIpc) is 2.74. The van der Waals surface area contributed by atoms with Crippen molar-refractivity contribution in [1.82, 2.24) is 16.0 Å². The van der Waals surface area contributed by atoms with Crippen molar-refractivity contribution in [3.05, 3.63) is 0 Å². The predicted molar refractivity (Wildman–Crippen MR) is 119 cm³/mol. The zero-order valence-electron chi connectivity index (χ0n) is 18.2. The molecule has 0 heterocycles. The lowest BCUT2D eigenvalue weighted by Crippen LogP contribution is -2.54. The molecule has 0 bridgehead atoms. The summed E-state index contributed by atoms with van der Waals surface area (Å²) in [5.74, 6) is -3.79. The van der Waals surface area contributed by atoms with Crippen LogP contribution in [0.5, 0.6) is 0 Å². The quantitative estimate of drug-likeness (QED) is 0.0571. The van der Waals surface area contributed by atoms with Crippen molar-refractivity contribution in [2.45, 2.75) is 43.8 Å². The van der Waals surface area contributed by atoms with Crippen LogP contribution in [0, 0.1) is 0 Å². The van der Waals surface area contributed by atoms with Crippen LogP contribution in [0.15, 0.2) is 9.98 Å². The highest BCUT2D eigenvalue weighted by Crippen LogP contribution is 2.03. The molecule has 0 rings (SSSR count). The SMILES string of the molecule is NC(N)=NCCCC(NC(=O)C(CCCN=C(N)N)NC(=O)CNC(=O)C(N)CO)C(=O)O. The van der Waals surface area contributed by atoms with Crippen LogP contribution in [0.4, 0.5) is 0 Å². The first-order valence-electron chi connectivity index (χ1n) is 10.0. The van der Waals surface area contributed by atoms with E-state index >= 15 is 0 Å². The van der Waals surface area contributed by atoms with Gasteiger partial charge >= 0.3 is 5.97 Å². The van der Waals surface area contributed by atoms with Crippen LogP contribution in [-0.4, -0.2) is 90.2 Å². The van der Waals surface area contributed by atoms with Gasteiger partial charge in [0.25, 0.3) is 0 Å². The van der Waals surface area contributed by atoms with E-state index in [1.165, 1.54) is 0 Å². The zero-order valence-corrected chi connectivity index (χ0v) is 18.2. The fourth-order valence-corrected chi connectivity index (χ4v) is 2.43. The number of nitrogens with one attached hydrogen (secondary N) is 3. The standard InChI is InChI=1S/C17H34N10O6/c18-9(8-28)13(30)25-7-12(29)26-10(3-1-5-23-16(19)20)14(31)27-11(15(32)33)4-2-6-24-17(21)22/h9-11,28H,1-8,18H2,(H,25,30)(H,26,29)(H,27,31)(H,32,33)(H4,19,20,23)(H4,21,22,24). The molecule has 33 heavy (non-hydrogen) atoms. The van der Waals surface area contributed by atoms with Crippen LogP contribution >= 0.6 is 0 Å². The number of nitrogens with zero attached hydrogens (tertiary/aromatic N) is 2. The highest BCUT2D eigenvalue weighted by molar-refractivity contribution is 5.92. The number of carbonyl (C=O) groups excluding carboxylic acids is 3. The molecule has 3 amide bonds. The number of hydrogen-bond donors (Lipinski definition) is 10. The molecule has 0 aromatic carbocycles. The molecule has 0 radical (unpaired) electrons. The van der Waals surface area contributed by atoms with E-state index in [1.807, 2.05) is 0 Å². The molecule has 0 aromatic heterocycles. The number of carboxylic acids is 1. The minimum atomic E-state index is -1.27. The van der Waals surface area contributed by atoms with E-state index in [0.29, 0.717) is 6.42 Å². The Kier molecular flexibility index (Phi) is 14.3. The lowest BCUT2D eigenvalue weighted by Gasteiger charge is -2.21. The Bertz CT molecular complexity index is 721. The van der Waals surface area contributed by atoms with Gasteiger partial charge in [0, 0.05) is 13.1 Å². The summed E-state index contributed by atoms with van der Waals surface area (Å²) in [7, 11) is 0. The fraction of sp³-hybridized carbons (Fsp3) is 0.647. The minimum absolute atomic E-state index is 0.0433. The highest BCUT2D eigenvalue weighted by atomic mass is 16.4. The first-order valence-corrected chi connectivity index (χ1v) is 10.0. The van der Waals surface area contributed by atoms with Crippen LogP contribution in [0.1, 0.15) is 25.7 Å². The number of aliphatic carboxylic acids is 1. The second kappa shape index (κ2) is 16.0. The molecule has 15 N–H and O–H groups in total. The van der Waals surface area contributed by atoms with Gasteiger partial charge in [0.1, 0.15) is 18.1 Å². The molecule has 3 unspecified atom stereocenters. The maximum atomic E-state index is 12.7. The van der Waals surface area contributed by atoms with Crippen LogP contribution < -0.4 is 44.6 Å². The van der Waals surface area contributed by atoms with Gasteiger partial charge in [-0.3, -0.25) is 24.4 Å². The normalized spacial score (nSPS) is 13.0. The molecular formula is C17H34N10O6. The van der Waals surface area contributed by atoms with Gasteiger partial charge in [0.05, 0.1) is 13.2 Å². The average molecular weight is 475 g/mol.